The SMILES string of the molecule is COc1cc(/C=C2/SC(=O)N(Cc3ccccc3Cl)C2=O)cc(Br)c1OCc1cccc(F)c1. The lowest BCUT2D eigenvalue weighted by Gasteiger charge is -2.14. The molecule has 1 saturated heterocycles. The predicted molar refractivity (Wildman–Crippen MR) is 134 cm³/mol. The fourth-order valence-corrected chi connectivity index (χ4v) is 4.94. The maximum Gasteiger partial charge on any atom is 0.293 e. The monoisotopic (exact) mass is 561 g/mol. The molecule has 0 radical (unpaired) electrons. The number of rotatable bonds is 7. The minimum absolute atomic E-state index is 0.0988. The van der Waals surface area contributed by atoms with Gasteiger partial charge in [-0.25, -0.2) is 4.39 Å². The molecule has 0 aliphatic carbocycles. The van der Waals surface area contributed by atoms with Gasteiger partial charge in [-0.1, -0.05) is 41.9 Å². The number of amides is 2. The van der Waals surface area contributed by atoms with Crippen LogP contribution in [0.5, 0.6) is 11.5 Å². The number of hydrogen-bond donors (Lipinski definition) is 0. The molecule has 0 atom stereocenters. The summed E-state index contributed by atoms with van der Waals surface area (Å²) in [6, 6.07) is 16.7. The summed E-state index contributed by atoms with van der Waals surface area (Å²) in [5, 5.41) is 0.130. The Hall–Kier alpha value is -2.81. The maximum absolute atomic E-state index is 13.4. The van der Waals surface area contributed by atoms with E-state index in [4.69, 9.17) is 21.1 Å². The van der Waals surface area contributed by atoms with Gasteiger partial charge >= 0.3 is 0 Å². The van der Waals surface area contributed by atoms with Gasteiger partial charge in [0, 0.05) is 5.02 Å². The van der Waals surface area contributed by atoms with Crippen LogP contribution in [0.1, 0.15) is 16.7 Å². The molecular weight excluding hydrogens is 545 g/mol. The van der Waals surface area contributed by atoms with Crippen molar-refractivity contribution in [1.29, 1.82) is 0 Å². The molecule has 1 fully saturated rings. The molecule has 0 saturated carbocycles. The van der Waals surface area contributed by atoms with E-state index < -0.39 is 5.91 Å². The highest BCUT2D eigenvalue weighted by Gasteiger charge is 2.35. The fourth-order valence-electron chi connectivity index (χ4n) is 3.33. The van der Waals surface area contributed by atoms with Crippen LogP contribution in [-0.4, -0.2) is 23.2 Å². The second-order valence-corrected chi connectivity index (χ2v) is 9.57. The molecule has 3 aromatic rings. The van der Waals surface area contributed by atoms with E-state index in [1.54, 1.807) is 54.6 Å². The lowest BCUT2D eigenvalue weighted by molar-refractivity contribution is -0.123. The van der Waals surface area contributed by atoms with Crippen molar-refractivity contribution in [2.75, 3.05) is 7.11 Å². The predicted octanol–water partition coefficient (Wildman–Crippen LogP) is 7.07. The van der Waals surface area contributed by atoms with Crippen LogP contribution in [0.25, 0.3) is 6.08 Å². The Morgan fingerprint density at radius 3 is 2.65 bits per heavy atom. The van der Waals surface area contributed by atoms with Crippen molar-refractivity contribution in [2.24, 2.45) is 0 Å². The Balaban J connectivity index is 1.54. The van der Waals surface area contributed by atoms with Crippen molar-refractivity contribution < 1.29 is 23.5 Å². The quantitative estimate of drug-likeness (QED) is 0.288. The van der Waals surface area contributed by atoms with E-state index in [0.29, 0.717) is 42.6 Å². The Bertz CT molecular complexity index is 1300. The van der Waals surface area contributed by atoms with E-state index in [1.165, 1.54) is 24.1 Å². The van der Waals surface area contributed by atoms with Crippen molar-refractivity contribution in [3.05, 3.63) is 97.6 Å². The number of ether oxygens (including phenoxy) is 2. The zero-order valence-electron chi connectivity index (χ0n) is 17.9. The number of nitrogens with zero attached hydrogens (tertiary/aromatic N) is 1. The van der Waals surface area contributed by atoms with Gasteiger partial charge in [0.05, 0.1) is 23.0 Å². The molecule has 4 rings (SSSR count). The fraction of sp³-hybridized carbons (Fsp3) is 0.120. The van der Waals surface area contributed by atoms with Crippen molar-refractivity contribution in [3.8, 4) is 11.5 Å². The smallest absolute Gasteiger partial charge is 0.293 e. The van der Waals surface area contributed by atoms with E-state index in [2.05, 4.69) is 15.9 Å². The Labute approximate surface area is 213 Å². The topological polar surface area (TPSA) is 55.8 Å². The van der Waals surface area contributed by atoms with Crippen LogP contribution in [-0.2, 0) is 17.9 Å². The third-order valence-corrected chi connectivity index (χ3v) is 6.85. The molecule has 0 spiro atoms. The highest BCUT2D eigenvalue weighted by Crippen LogP contribution is 2.40. The first-order valence-corrected chi connectivity index (χ1v) is 12.1. The van der Waals surface area contributed by atoms with Gasteiger partial charge < -0.3 is 9.47 Å². The molecule has 3 aromatic carbocycles. The lowest BCUT2D eigenvalue weighted by atomic mass is 10.1. The molecule has 174 valence electrons. The number of methoxy groups -OCH3 is 1. The minimum atomic E-state index is -0.392. The van der Waals surface area contributed by atoms with Gasteiger partial charge in [-0.3, -0.25) is 14.5 Å². The lowest BCUT2D eigenvalue weighted by Crippen LogP contribution is -2.27. The second kappa shape index (κ2) is 10.6. The van der Waals surface area contributed by atoms with Crippen LogP contribution >= 0.6 is 39.3 Å². The third-order valence-electron chi connectivity index (χ3n) is 4.98. The second-order valence-electron chi connectivity index (χ2n) is 7.31. The van der Waals surface area contributed by atoms with E-state index in [1.807, 2.05) is 0 Å². The molecule has 1 aliphatic heterocycles. The van der Waals surface area contributed by atoms with Gasteiger partial charge in [-0.05, 0) is 80.8 Å². The summed E-state index contributed by atoms with van der Waals surface area (Å²) in [7, 11) is 1.50. The largest absolute Gasteiger partial charge is 0.493 e. The van der Waals surface area contributed by atoms with Gasteiger partial charge in [0.15, 0.2) is 11.5 Å². The van der Waals surface area contributed by atoms with Gasteiger partial charge in [-0.15, -0.1) is 0 Å². The first kappa shape index (κ1) is 24.3. The molecule has 1 aliphatic rings. The van der Waals surface area contributed by atoms with Crippen LogP contribution in [0.15, 0.2) is 70.0 Å². The van der Waals surface area contributed by atoms with Crippen LogP contribution < -0.4 is 9.47 Å². The molecular formula is C25H18BrClFNO4S. The number of benzene rings is 3. The van der Waals surface area contributed by atoms with Crippen molar-refractivity contribution in [2.45, 2.75) is 13.2 Å². The van der Waals surface area contributed by atoms with Gasteiger partial charge in [0.25, 0.3) is 11.1 Å². The summed E-state index contributed by atoms with van der Waals surface area (Å²) in [5.74, 6) is 0.130. The Morgan fingerprint density at radius 2 is 1.91 bits per heavy atom. The molecule has 0 N–H and O–H groups in total. The average Bonchev–Trinajstić information content (AvgIpc) is 3.06. The summed E-state index contributed by atoms with van der Waals surface area (Å²) in [6.07, 6.45) is 1.63. The summed E-state index contributed by atoms with van der Waals surface area (Å²) in [4.78, 5) is 26.9. The number of halogens is 3. The highest BCUT2D eigenvalue weighted by atomic mass is 79.9. The normalized spacial score (nSPS) is 14.7. The van der Waals surface area contributed by atoms with Crippen LogP contribution in [0.4, 0.5) is 9.18 Å². The number of thioether (sulfide) groups is 1. The highest BCUT2D eigenvalue weighted by molar-refractivity contribution is 9.10. The third kappa shape index (κ3) is 5.46. The number of carbonyl (C=O) groups is 2. The first-order chi connectivity index (χ1) is 16.4. The molecule has 1 heterocycles. The summed E-state index contributed by atoms with van der Waals surface area (Å²) >= 11 is 10.5. The average molecular weight is 563 g/mol. The van der Waals surface area contributed by atoms with Crippen molar-refractivity contribution >= 4 is 56.5 Å². The zero-order chi connectivity index (χ0) is 24.2. The van der Waals surface area contributed by atoms with Crippen molar-refractivity contribution in [1.82, 2.24) is 4.90 Å². The number of carbonyl (C=O) groups excluding carboxylic acids is 2. The number of hydrogen-bond acceptors (Lipinski definition) is 5. The van der Waals surface area contributed by atoms with E-state index >= 15 is 0 Å². The van der Waals surface area contributed by atoms with Crippen LogP contribution in [0.3, 0.4) is 0 Å². The van der Waals surface area contributed by atoms with Gasteiger partial charge in [0.1, 0.15) is 12.4 Å². The molecule has 34 heavy (non-hydrogen) atoms. The molecule has 0 aromatic heterocycles. The van der Waals surface area contributed by atoms with Gasteiger partial charge in [0.2, 0.25) is 0 Å². The molecule has 0 unspecified atom stereocenters. The Kier molecular flexibility index (Phi) is 7.60. The van der Waals surface area contributed by atoms with Crippen molar-refractivity contribution in [3.63, 3.8) is 0 Å². The first-order valence-electron chi connectivity index (χ1n) is 10.1. The standard InChI is InChI=1S/C25H18BrClFNO4S/c1-32-21-11-16(10-19(26)23(21)33-14-15-5-4-7-18(28)9-15)12-22-24(30)29(25(31)34-22)13-17-6-2-3-8-20(17)27/h2-12H,13-14H2,1H3/b22-12+. The minimum Gasteiger partial charge on any atom is -0.493 e. The molecule has 2 amide bonds. The molecule has 5 nitrogen and oxygen atoms in total. The molecule has 9 heteroatoms. The summed E-state index contributed by atoms with van der Waals surface area (Å²) in [5.41, 5.74) is 2.01. The Morgan fingerprint density at radius 1 is 1.12 bits per heavy atom. The zero-order valence-corrected chi connectivity index (χ0v) is 21.0. The number of imide groups is 1. The molecule has 0 bridgehead atoms. The maximum atomic E-state index is 13.4. The van der Waals surface area contributed by atoms with E-state index in [0.717, 1.165) is 11.8 Å². The summed E-state index contributed by atoms with van der Waals surface area (Å²) < 4.78 is 25.3. The van der Waals surface area contributed by atoms with Crippen LogP contribution in [0, 0.1) is 5.82 Å². The summed E-state index contributed by atoms with van der Waals surface area (Å²) in [6.45, 7) is 0.245. The van der Waals surface area contributed by atoms with E-state index in [-0.39, 0.29) is 24.2 Å². The van der Waals surface area contributed by atoms with Gasteiger partial charge in [-0.2, -0.15) is 0 Å². The van der Waals surface area contributed by atoms with E-state index in [9.17, 15) is 14.0 Å². The van der Waals surface area contributed by atoms with Crippen LogP contribution in [0.2, 0.25) is 5.02 Å².